The van der Waals surface area contributed by atoms with Gasteiger partial charge in [-0.2, -0.15) is 0 Å². The smallest absolute Gasteiger partial charge is 0.161 e. The average molecular weight is 250 g/mol. The van der Waals surface area contributed by atoms with Crippen molar-refractivity contribution >= 4 is 17.4 Å². The van der Waals surface area contributed by atoms with Crippen LogP contribution in [0.15, 0.2) is 36.5 Å². The highest BCUT2D eigenvalue weighted by atomic mass is 35.5. The van der Waals surface area contributed by atoms with E-state index in [4.69, 9.17) is 11.6 Å². The van der Waals surface area contributed by atoms with Crippen molar-refractivity contribution < 1.29 is 9.18 Å². The molecule has 0 aliphatic carbocycles. The number of rotatable bonds is 2. The number of nitrogens with zero attached hydrogens (tertiary/aromatic N) is 1. The van der Waals surface area contributed by atoms with Crippen molar-refractivity contribution in [3.8, 4) is 11.3 Å². The number of ketones is 1. The molecular weight excluding hydrogens is 241 g/mol. The van der Waals surface area contributed by atoms with Crippen LogP contribution in [0, 0.1) is 5.82 Å². The Kier molecular flexibility index (Phi) is 3.20. The lowest BCUT2D eigenvalue weighted by atomic mass is 10.1. The first-order chi connectivity index (χ1) is 8.08. The molecule has 2 rings (SSSR count). The van der Waals surface area contributed by atoms with Crippen LogP contribution >= 0.6 is 11.6 Å². The SMILES string of the molecule is CC(=O)c1ccc(-c2ccc(F)cc2Cl)nc1. The first kappa shape index (κ1) is 11.7. The van der Waals surface area contributed by atoms with Gasteiger partial charge in [0.25, 0.3) is 0 Å². The Hall–Kier alpha value is -1.74. The van der Waals surface area contributed by atoms with Crippen molar-refractivity contribution in [3.63, 3.8) is 0 Å². The summed E-state index contributed by atoms with van der Waals surface area (Å²) in [5.74, 6) is -0.437. The van der Waals surface area contributed by atoms with E-state index in [0.717, 1.165) is 0 Å². The fourth-order valence-electron chi connectivity index (χ4n) is 1.46. The molecule has 1 aromatic carbocycles. The van der Waals surface area contributed by atoms with Crippen molar-refractivity contribution in [2.45, 2.75) is 6.92 Å². The van der Waals surface area contributed by atoms with Gasteiger partial charge >= 0.3 is 0 Å². The highest BCUT2D eigenvalue weighted by Gasteiger charge is 2.07. The number of Topliss-reactive ketones (excluding diaryl/α,β-unsaturated/α-hetero) is 1. The van der Waals surface area contributed by atoms with Gasteiger partial charge in [-0.1, -0.05) is 11.6 Å². The number of carbonyl (C=O) groups is 1. The maximum atomic E-state index is 12.9. The maximum absolute atomic E-state index is 12.9. The number of carbonyl (C=O) groups excluding carboxylic acids is 1. The third kappa shape index (κ3) is 2.50. The van der Waals surface area contributed by atoms with Gasteiger partial charge < -0.3 is 0 Å². The highest BCUT2D eigenvalue weighted by Crippen LogP contribution is 2.26. The predicted octanol–water partition coefficient (Wildman–Crippen LogP) is 3.74. The lowest BCUT2D eigenvalue weighted by molar-refractivity contribution is 0.101. The van der Waals surface area contributed by atoms with Crippen molar-refractivity contribution in [3.05, 3.63) is 52.9 Å². The van der Waals surface area contributed by atoms with Gasteiger partial charge in [-0.25, -0.2) is 4.39 Å². The van der Waals surface area contributed by atoms with E-state index in [9.17, 15) is 9.18 Å². The predicted molar refractivity (Wildman–Crippen MR) is 64.6 cm³/mol. The zero-order chi connectivity index (χ0) is 12.4. The Bertz CT molecular complexity index is 566. The second kappa shape index (κ2) is 4.63. The van der Waals surface area contributed by atoms with Gasteiger partial charge in [0.1, 0.15) is 5.82 Å². The Morgan fingerprint density at radius 3 is 2.59 bits per heavy atom. The van der Waals surface area contributed by atoms with Crippen LogP contribution in [-0.2, 0) is 0 Å². The molecule has 0 N–H and O–H groups in total. The Morgan fingerprint density at radius 2 is 2.06 bits per heavy atom. The Morgan fingerprint density at radius 1 is 1.29 bits per heavy atom. The number of benzene rings is 1. The van der Waals surface area contributed by atoms with Crippen LogP contribution in [0.4, 0.5) is 4.39 Å². The van der Waals surface area contributed by atoms with Crippen LogP contribution in [0.1, 0.15) is 17.3 Å². The average Bonchev–Trinajstić information content (AvgIpc) is 2.29. The zero-order valence-electron chi connectivity index (χ0n) is 9.08. The molecule has 0 amide bonds. The quantitative estimate of drug-likeness (QED) is 0.759. The molecule has 0 unspecified atom stereocenters. The van der Waals surface area contributed by atoms with Crippen LogP contribution in [0.3, 0.4) is 0 Å². The molecule has 0 radical (unpaired) electrons. The summed E-state index contributed by atoms with van der Waals surface area (Å²) in [6.07, 6.45) is 1.48. The van der Waals surface area contributed by atoms with E-state index in [1.807, 2.05) is 0 Å². The standard InChI is InChI=1S/C13H9ClFNO/c1-8(17)9-2-5-13(16-7-9)11-4-3-10(15)6-12(11)14/h2-7H,1H3. The van der Waals surface area contributed by atoms with E-state index in [1.54, 1.807) is 18.2 Å². The molecule has 2 nitrogen and oxygen atoms in total. The molecule has 0 saturated heterocycles. The minimum atomic E-state index is -0.390. The Labute approximate surface area is 103 Å². The highest BCUT2D eigenvalue weighted by molar-refractivity contribution is 6.33. The fourth-order valence-corrected chi connectivity index (χ4v) is 1.72. The molecular formula is C13H9ClFNO. The summed E-state index contributed by atoms with van der Waals surface area (Å²) in [4.78, 5) is 15.2. The molecule has 2 aromatic rings. The summed E-state index contributed by atoms with van der Waals surface area (Å²) in [5.41, 5.74) is 1.79. The molecule has 0 atom stereocenters. The second-order valence-electron chi connectivity index (χ2n) is 3.61. The van der Waals surface area contributed by atoms with Gasteiger partial charge in [0.05, 0.1) is 10.7 Å². The molecule has 0 aliphatic rings. The van der Waals surface area contributed by atoms with Gasteiger partial charge in [0.2, 0.25) is 0 Å². The lowest BCUT2D eigenvalue weighted by Gasteiger charge is -2.04. The topological polar surface area (TPSA) is 30.0 Å². The van der Waals surface area contributed by atoms with Crippen LogP contribution < -0.4 is 0 Å². The van der Waals surface area contributed by atoms with E-state index in [2.05, 4.69) is 4.98 Å². The summed E-state index contributed by atoms with van der Waals surface area (Å²) >= 11 is 5.92. The second-order valence-corrected chi connectivity index (χ2v) is 4.02. The van der Waals surface area contributed by atoms with E-state index in [-0.39, 0.29) is 11.6 Å². The van der Waals surface area contributed by atoms with Crippen molar-refractivity contribution in [2.24, 2.45) is 0 Å². The zero-order valence-corrected chi connectivity index (χ0v) is 9.83. The lowest BCUT2D eigenvalue weighted by Crippen LogP contribution is -1.94. The minimum absolute atomic E-state index is 0.0470. The number of halogens is 2. The van der Waals surface area contributed by atoms with E-state index in [0.29, 0.717) is 21.8 Å². The molecule has 17 heavy (non-hydrogen) atoms. The van der Waals surface area contributed by atoms with E-state index >= 15 is 0 Å². The molecule has 1 heterocycles. The molecule has 0 spiro atoms. The van der Waals surface area contributed by atoms with Gasteiger partial charge in [0.15, 0.2) is 5.78 Å². The van der Waals surface area contributed by atoms with Gasteiger partial charge in [0, 0.05) is 17.3 Å². The molecule has 86 valence electrons. The number of hydrogen-bond acceptors (Lipinski definition) is 2. The minimum Gasteiger partial charge on any atom is -0.294 e. The van der Waals surface area contributed by atoms with Crippen molar-refractivity contribution in [2.75, 3.05) is 0 Å². The van der Waals surface area contributed by atoms with Crippen LogP contribution in [-0.4, -0.2) is 10.8 Å². The number of hydrogen-bond donors (Lipinski definition) is 0. The van der Waals surface area contributed by atoms with E-state index < -0.39 is 0 Å². The Balaban J connectivity index is 2.43. The summed E-state index contributed by atoms with van der Waals surface area (Å²) in [5, 5.41) is 0.299. The maximum Gasteiger partial charge on any atom is 0.161 e. The van der Waals surface area contributed by atoms with Gasteiger partial charge in [-0.05, 0) is 37.3 Å². The van der Waals surface area contributed by atoms with Gasteiger partial charge in [-0.3, -0.25) is 9.78 Å². The molecule has 0 bridgehead atoms. The van der Waals surface area contributed by atoms with Crippen molar-refractivity contribution in [1.82, 2.24) is 4.98 Å². The fraction of sp³-hybridized carbons (Fsp3) is 0.0769. The molecule has 0 aliphatic heterocycles. The molecule has 4 heteroatoms. The van der Waals surface area contributed by atoms with E-state index in [1.165, 1.54) is 25.3 Å². The first-order valence-electron chi connectivity index (χ1n) is 5.00. The molecule has 0 saturated carbocycles. The molecule has 1 aromatic heterocycles. The normalized spacial score (nSPS) is 10.3. The largest absolute Gasteiger partial charge is 0.294 e. The summed E-state index contributed by atoms with van der Waals surface area (Å²) in [7, 11) is 0. The van der Waals surface area contributed by atoms with Crippen LogP contribution in [0.5, 0.6) is 0 Å². The monoisotopic (exact) mass is 249 g/mol. The third-order valence-electron chi connectivity index (χ3n) is 2.38. The summed E-state index contributed by atoms with van der Waals surface area (Å²) in [6.45, 7) is 1.47. The number of aromatic nitrogens is 1. The van der Waals surface area contributed by atoms with Crippen LogP contribution in [0.25, 0.3) is 11.3 Å². The summed E-state index contributed by atoms with van der Waals surface area (Å²) < 4.78 is 12.9. The first-order valence-corrected chi connectivity index (χ1v) is 5.38. The number of pyridine rings is 1. The van der Waals surface area contributed by atoms with Crippen molar-refractivity contribution in [1.29, 1.82) is 0 Å². The third-order valence-corrected chi connectivity index (χ3v) is 2.69. The summed E-state index contributed by atoms with van der Waals surface area (Å²) in [6, 6.07) is 7.48. The molecule has 0 fully saturated rings. The van der Waals surface area contributed by atoms with Crippen LogP contribution in [0.2, 0.25) is 5.02 Å². The van der Waals surface area contributed by atoms with Gasteiger partial charge in [-0.15, -0.1) is 0 Å².